The van der Waals surface area contributed by atoms with E-state index in [9.17, 15) is 8.78 Å². The van der Waals surface area contributed by atoms with Gasteiger partial charge in [0.25, 0.3) is 6.43 Å². The number of alkyl halides is 2. The lowest BCUT2D eigenvalue weighted by molar-refractivity contribution is 0.146. The first-order chi connectivity index (χ1) is 12.6. The van der Waals surface area contributed by atoms with Crippen LogP contribution in [0.5, 0.6) is 0 Å². The number of anilines is 2. The van der Waals surface area contributed by atoms with Crippen molar-refractivity contribution in [2.75, 3.05) is 5.32 Å². The largest absolute Gasteiger partial charge is 0.338 e. The second-order valence-electron chi connectivity index (χ2n) is 5.36. The van der Waals surface area contributed by atoms with Crippen molar-refractivity contribution < 1.29 is 8.78 Å². The summed E-state index contributed by atoms with van der Waals surface area (Å²) in [6, 6.07) is 11.4. The van der Waals surface area contributed by atoms with E-state index < -0.39 is 6.43 Å². The fourth-order valence-corrected chi connectivity index (χ4v) is 2.62. The van der Waals surface area contributed by atoms with Crippen LogP contribution in [-0.2, 0) is 0 Å². The van der Waals surface area contributed by atoms with Crippen molar-refractivity contribution in [1.82, 2.24) is 24.6 Å². The van der Waals surface area contributed by atoms with Crippen LogP contribution < -0.4 is 5.32 Å². The standard InChI is InChI=1S/C17H11ClF2N6/c18-14-9-10(6-7-21-14)22-17-13-5-2-8-26(13)25-16(24-17)12-4-1-3-11(23-12)15(19)20/h1-9,15H,(H,21,22,24,25). The molecule has 4 aromatic heterocycles. The molecule has 9 heteroatoms. The van der Waals surface area contributed by atoms with Gasteiger partial charge in [0, 0.05) is 18.1 Å². The van der Waals surface area contributed by atoms with Crippen LogP contribution in [0, 0.1) is 0 Å². The van der Waals surface area contributed by atoms with E-state index in [2.05, 4.69) is 25.4 Å². The molecule has 0 aliphatic rings. The highest BCUT2D eigenvalue weighted by molar-refractivity contribution is 6.29. The summed E-state index contributed by atoms with van der Waals surface area (Å²) in [5, 5.41) is 7.83. The van der Waals surface area contributed by atoms with Crippen LogP contribution >= 0.6 is 11.6 Å². The van der Waals surface area contributed by atoms with Gasteiger partial charge in [-0.05, 0) is 36.4 Å². The topological polar surface area (TPSA) is 68.0 Å². The third-order valence-corrected chi connectivity index (χ3v) is 3.81. The fraction of sp³-hybridized carbons (Fsp3) is 0.0588. The summed E-state index contributed by atoms with van der Waals surface area (Å²) in [7, 11) is 0. The Bertz CT molecular complexity index is 1080. The van der Waals surface area contributed by atoms with Gasteiger partial charge >= 0.3 is 0 Å². The zero-order chi connectivity index (χ0) is 18.1. The molecule has 0 saturated heterocycles. The Morgan fingerprint density at radius 3 is 2.77 bits per heavy atom. The molecule has 0 aromatic carbocycles. The molecule has 0 radical (unpaired) electrons. The molecule has 130 valence electrons. The van der Waals surface area contributed by atoms with Gasteiger partial charge in [-0.25, -0.2) is 28.2 Å². The first-order valence-electron chi connectivity index (χ1n) is 7.59. The van der Waals surface area contributed by atoms with Crippen molar-refractivity contribution in [2.45, 2.75) is 6.43 Å². The fourth-order valence-electron chi connectivity index (χ4n) is 2.45. The predicted molar refractivity (Wildman–Crippen MR) is 93.7 cm³/mol. The highest BCUT2D eigenvalue weighted by atomic mass is 35.5. The Kier molecular flexibility index (Phi) is 4.18. The third kappa shape index (κ3) is 3.18. The summed E-state index contributed by atoms with van der Waals surface area (Å²) in [6.45, 7) is 0. The highest BCUT2D eigenvalue weighted by Gasteiger charge is 2.14. The van der Waals surface area contributed by atoms with Crippen molar-refractivity contribution in [3.63, 3.8) is 0 Å². The zero-order valence-corrected chi connectivity index (χ0v) is 13.9. The smallest absolute Gasteiger partial charge is 0.280 e. The number of hydrogen-bond donors (Lipinski definition) is 1. The van der Waals surface area contributed by atoms with Crippen LogP contribution in [0.25, 0.3) is 17.0 Å². The molecule has 0 fully saturated rings. The monoisotopic (exact) mass is 372 g/mol. The van der Waals surface area contributed by atoms with E-state index in [-0.39, 0.29) is 17.2 Å². The molecule has 0 aliphatic heterocycles. The Hall–Kier alpha value is -3.13. The van der Waals surface area contributed by atoms with Crippen LogP contribution in [0.4, 0.5) is 20.3 Å². The van der Waals surface area contributed by atoms with Crippen molar-refractivity contribution in [3.8, 4) is 11.5 Å². The molecular weight excluding hydrogens is 362 g/mol. The van der Waals surface area contributed by atoms with Gasteiger partial charge in [0.1, 0.15) is 22.1 Å². The molecule has 1 N–H and O–H groups in total. The number of hydrogen-bond acceptors (Lipinski definition) is 5. The Balaban J connectivity index is 1.81. The van der Waals surface area contributed by atoms with Gasteiger partial charge in [0.2, 0.25) is 5.82 Å². The van der Waals surface area contributed by atoms with Gasteiger partial charge in [-0.15, -0.1) is 5.10 Å². The van der Waals surface area contributed by atoms with Crippen molar-refractivity contribution in [3.05, 3.63) is 65.7 Å². The summed E-state index contributed by atoms with van der Waals surface area (Å²) >= 11 is 5.91. The number of pyridine rings is 2. The van der Waals surface area contributed by atoms with Gasteiger partial charge in [-0.2, -0.15) is 0 Å². The molecule has 0 atom stereocenters. The first-order valence-corrected chi connectivity index (χ1v) is 7.97. The number of aromatic nitrogens is 5. The molecule has 0 bridgehead atoms. The Morgan fingerprint density at radius 1 is 1.08 bits per heavy atom. The molecular formula is C17H11ClF2N6. The molecule has 26 heavy (non-hydrogen) atoms. The summed E-state index contributed by atoms with van der Waals surface area (Å²) in [5.41, 5.74) is 1.34. The average molecular weight is 373 g/mol. The van der Waals surface area contributed by atoms with Gasteiger partial charge in [-0.1, -0.05) is 17.7 Å². The van der Waals surface area contributed by atoms with E-state index in [4.69, 9.17) is 11.6 Å². The lowest BCUT2D eigenvalue weighted by atomic mass is 10.3. The predicted octanol–water partition coefficient (Wildman–Crippen LogP) is 4.52. The van der Waals surface area contributed by atoms with Crippen molar-refractivity contribution >= 4 is 28.6 Å². The number of fused-ring (bicyclic) bond motifs is 1. The van der Waals surface area contributed by atoms with Crippen LogP contribution in [0.3, 0.4) is 0 Å². The molecule has 0 amide bonds. The zero-order valence-electron chi connectivity index (χ0n) is 13.1. The summed E-state index contributed by atoms with van der Waals surface area (Å²) in [5.74, 6) is 0.713. The quantitative estimate of drug-likeness (QED) is 0.533. The summed E-state index contributed by atoms with van der Waals surface area (Å²) < 4.78 is 27.5. The number of rotatable bonds is 4. The molecule has 0 aliphatic carbocycles. The van der Waals surface area contributed by atoms with Crippen LogP contribution in [0.2, 0.25) is 5.15 Å². The van der Waals surface area contributed by atoms with Crippen LogP contribution in [-0.4, -0.2) is 24.6 Å². The lowest BCUT2D eigenvalue weighted by Gasteiger charge is -2.10. The minimum Gasteiger partial charge on any atom is -0.338 e. The van der Waals surface area contributed by atoms with E-state index in [1.807, 2.05) is 12.1 Å². The maximum atomic E-state index is 12.9. The second-order valence-corrected chi connectivity index (χ2v) is 5.75. The van der Waals surface area contributed by atoms with E-state index >= 15 is 0 Å². The molecule has 0 saturated carbocycles. The van der Waals surface area contributed by atoms with Gasteiger partial charge in [0.05, 0.1) is 0 Å². The molecule has 6 nitrogen and oxygen atoms in total. The molecule has 4 rings (SSSR count). The molecule has 0 spiro atoms. The Labute approximate surface area is 151 Å². The van der Waals surface area contributed by atoms with E-state index in [1.54, 1.807) is 35.1 Å². The van der Waals surface area contributed by atoms with Gasteiger partial charge in [-0.3, -0.25) is 0 Å². The Morgan fingerprint density at radius 2 is 1.96 bits per heavy atom. The second kappa shape index (κ2) is 6.64. The van der Waals surface area contributed by atoms with E-state index in [0.717, 1.165) is 0 Å². The van der Waals surface area contributed by atoms with Gasteiger partial charge in [0.15, 0.2) is 5.82 Å². The summed E-state index contributed by atoms with van der Waals surface area (Å²) in [6.07, 6.45) is 0.639. The molecule has 4 aromatic rings. The number of halogens is 3. The maximum Gasteiger partial charge on any atom is 0.280 e. The highest BCUT2D eigenvalue weighted by Crippen LogP contribution is 2.25. The minimum atomic E-state index is -2.66. The van der Waals surface area contributed by atoms with Crippen molar-refractivity contribution in [1.29, 1.82) is 0 Å². The maximum absolute atomic E-state index is 12.9. The number of nitrogens with one attached hydrogen (secondary N) is 1. The molecule has 0 unspecified atom stereocenters. The SMILES string of the molecule is FC(F)c1cccc(-c2nc(Nc3ccnc(Cl)c3)c3cccn3n2)n1. The van der Waals surface area contributed by atoms with Crippen molar-refractivity contribution in [2.24, 2.45) is 0 Å². The van der Waals surface area contributed by atoms with Crippen LogP contribution in [0.15, 0.2) is 54.9 Å². The molecule has 4 heterocycles. The van der Waals surface area contributed by atoms with Gasteiger partial charge < -0.3 is 5.32 Å². The third-order valence-electron chi connectivity index (χ3n) is 3.60. The summed E-state index contributed by atoms with van der Waals surface area (Å²) in [4.78, 5) is 12.3. The lowest BCUT2D eigenvalue weighted by Crippen LogP contribution is -2.04. The van der Waals surface area contributed by atoms with E-state index in [0.29, 0.717) is 22.2 Å². The van der Waals surface area contributed by atoms with E-state index in [1.165, 1.54) is 12.1 Å². The normalized spacial score (nSPS) is 11.2. The minimum absolute atomic E-state index is 0.221. The van der Waals surface area contributed by atoms with Crippen LogP contribution in [0.1, 0.15) is 12.1 Å². The average Bonchev–Trinajstić information content (AvgIpc) is 3.11. The number of nitrogens with zero attached hydrogens (tertiary/aromatic N) is 5. The first kappa shape index (κ1) is 16.3.